The number of benzene rings is 1. The third kappa shape index (κ3) is 4.29. The van der Waals surface area contributed by atoms with Gasteiger partial charge in [-0.25, -0.2) is 0 Å². The summed E-state index contributed by atoms with van der Waals surface area (Å²) in [5, 5.41) is 7.93. The van der Waals surface area contributed by atoms with Gasteiger partial charge in [-0.05, 0) is 52.0 Å². The van der Waals surface area contributed by atoms with Gasteiger partial charge in [0.05, 0.1) is 23.0 Å². The number of rotatable bonds is 7. The number of nitrogens with one attached hydrogen (secondary N) is 1. The first kappa shape index (κ1) is 18.3. The summed E-state index contributed by atoms with van der Waals surface area (Å²) in [6.07, 6.45) is 0.357. The molecule has 1 N–H and O–H groups in total. The molecule has 0 aliphatic heterocycles. The van der Waals surface area contributed by atoms with Crippen LogP contribution < -0.4 is 10.2 Å². The normalized spacial score (nSPS) is 10.7. The van der Waals surface area contributed by atoms with Gasteiger partial charge in [0, 0.05) is 30.9 Å². The quantitative estimate of drug-likeness (QED) is 0.821. The van der Waals surface area contributed by atoms with Gasteiger partial charge in [-0.3, -0.25) is 9.48 Å². The zero-order valence-corrected chi connectivity index (χ0v) is 15.5. The Kier molecular flexibility index (Phi) is 6.26. The summed E-state index contributed by atoms with van der Waals surface area (Å²) >= 11 is 6.12. The number of halogens is 1. The Morgan fingerprint density at radius 1 is 1.21 bits per heavy atom. The largest absolute Gasteiger partial charge is 0.372 e. The monoisotopic (exact) mass is 348 g/mol. The zero-order valence-electron chi connectivity index (χ0n) is 14.8. The number of anilines is 2. The number of aryl methyl sites for hydroxylation is 2. The predicted molar refractivity (Wildman–Crippen MR) is 100.0 cm³/mol. The molecule has 1 amide bonds. The first-order chi connectivity index (χ1) is 11.5. The predicted octanol–water partition coefficient (Wildman–Crippen LogP) is 4.03. The molecule has 6 heteroatoms. The molecular weight excluding hydrogens is 324 g/mol. The van der Waals surface area contributed by atoms with Crippen LogP contribution in [0.25, 0.3) is 0 Å². The van der Waals surface area contributed by atoms with Crippen LogP contribution in [0.2, 0.25) is 5.02 Å². The van der Waals surface area contributed by atoms with E-state index in [4.69, 9.17) is 11.6 Å². The van der Waals surface area contributed by atoms with E-state index >= 15 is 0 Å². The number of carbonyl (C=O) groups is 1. The fourth-order valence-electron chi connectivity index (χ4n) is 2.67. The van der Waals surface area contributed by atoms with E-state index in [1.807, 2.05) is 38.1 Å². The van der Waals surface area contributed by atoms with E-state index in [-0.39, 0.29) is 5.91 Å². The minimum absolute atomic E-state index is 0.0331. The lowest BCUT2D eigenvalue weighted by molar-refractivity contribution is -0.116. The van der Waals surface area contributed by atoms with E-state index in [1.54, 1.807) is 4.68 Å². The summed E-state index contributed by atoms with van der Waals surface area (Å²) < 4.78 is 1.78. The summed E-state index contributed by atoms with van der Waals surface area (Å²) in [7, 11) is 0. The topological polar surface area (TPSA) is 50.2 Å². The second-order valence-corrected chi connectivity index (χ2v) is 6.10. The molecule has 2 rings (SSSR count). The average Bonchev–Trinajstić information content (AvgIpc) is 2.82. The molecule has 0 unspecified atom stereocenters. The second kappa shape index (κ2) is 8.20. The molecule has 1 heterocycles. The Morgan fingerprint density at radius 2 is 1.83 bits per heavy atom. The molecule has 1 aromatic heterocycles. The Hall–Kier alpha value is -2.01. The van der Waals surface area contributed by atoms with Crippen molar-refractivity contribution < 1.29 is 4.79 Å². The van der Waals surface area contributed by atoms with Crippen molar-refractivity contribution in [2.75, 3.05) is 23.3 Å². The van der Waals surface area contributed by atoms with Crippen LogP contribution in [0.5, 0.6) is 0 Å². The summed E-state index contributed by atoms with van der Waals surface area (Å²) in [6.45, 7) is 10.5. The van der Waals surface area contributed by atoms with Crippen LogP contribution in [0.15, 0.2) is 24.3 Å². The molecule has 0 bridgehead atoms. The molecule has 130 valence electrons. The SMILES string of the molecule is CCN(CC)c1ccc(NC(=O)CCn2nc(C)c(Cl)c2C)cc1. The molecule has 24 heavy (non-hydrogen) atoms. The Labute approximate surface area is 148 Å². The van der Waals surface area contributed by atoms with Crippen LogP contribution in [-0.4, -0.2) is 28.8 Å². The number of hydrogen-bond donors (Lipinski definition) is 1. The number of carbonyl (C=O) groups excluding carboxylic acids is 1. The van der Waals surface area contributed by atoms with Crippen LogP contribution >= 0.6 is 11.6 Å². The number of amides is 1. The third-order valence-electron chi connectivity index (χ3n) is 4.12. The second-order valence-electron chi connectivity index (χ2n) is 5.73. The van der Waals surface area contributed by atoms with Crippen molar-refractivity contribution in [3.8, 4) is 0 Å². The Morgan fingerprint density at radius 3 is 2.33 bits per heavy atom. The van der Waals surface area contributed by atoms with E-state index < -0.39 is 0 Å². The highest BCUT2D eigenvalue weighted by Gasteiger charge is 2.11. The molecule has 1 aromatic carbocycles. The highest BCUT2D eigenvalue weighted by molar-refractivity contribution is 6.31. The van der Waals surface area contributed by atoms with Gasteiger partial charge in [0.15, 0.2) is 0 Å². The van der Waals surface area contributed by atoms with Crippen LogP contribution in [0.4, 0.5) is 11.4 Å². The maximum absolute atomic E-state index is 12.1. The first-order valence-corrected chi connectivity index (χ1v) is 8.68. The molecule has 0 aliphatic carbocycles. The van der Waals surface area contributed by atoms with Crippen LogP contribution in [0, 0.1) is 13.8 Å². The molecule has 0 fully saturated rings. The fraction of sp³-hybridized carbons (Fsp3) is 0.444. The first-order valence-electron chi connectivity index (χ1n) is 8.30. The third-order valence-corrected chi connectivity index (χ3v) is 4.67. The molecule has 0 spiro atoms. The van der Waals surface area contributed by atoms with Gasteiger partial charge in [0.2, 0.25) is 5.91 Å². The van der Waals surface area contributed by atoms with Crippen molar-refractivity contribution in [1.29, 1.82) is 0 Å². The maximum atomic E-state index is 12.1. The van der Waals surface area contributed by atoms with Crippen molar-refractivity contribution in [1.82, 2.24) is 9.78 Å². The van der Waals surface area contributed by atoms with Gasteiger partial charge in [-0.2, -0.15) is 5.10 Å². The van der Waals surface area contributed by atoms with Crippen LogP contribution in [0.1, 0.15) is 31.7 Å². The van der Waals surface area contributed by atoms with Gasteiger partial charge in [-0.15, -0.1) is 0 Å². The Bertz CT molecular complexity index is 690. The highest BCUT2D eigenvalue weighted by atomic mass is 35.5. The lowest BCUT2D eigenvalue weighted by atomic mass is 10.2. The van der Waals surface area contributed by atoms with Crippen LogP contribution in [0.3, 0.4) is 0 Å². The van der Waals surface area contributed by atoms with Crippen LogP contribution in [-0.2, 0) is 11.3 Å². The van der Waals surface area contributed by atoms with Crippen molar-refractivity contribution in [3.05, 3.63) is 40.7 Å². The summed E-state index contributed by atoms with van der Waals surface area (Å²) in [5.41, 5.74) is 3.66. The van der Waals surface area contributed by atoms with Crippen molar-refractivity contribution in [2.45, 2.75) is 40.7 Å². The zero-order chi connectivity index (χ0) is 17.7. The van der Waals surface area contributed by atoms with E-state index in [2.05, 4.69) is 29.2 Å². The summed E-state index contributed by atoms with van der Waals surface area (Å²) in [4.78, 5) is 14.4. The van der Waals surface area contributed by atoms with E-state index in [0.29, 0.717) is 18.0 Å². The van der Waals surface area contributed by atoms with Gasteiger partial charge >= 0.3 is 0 Å². The lowest BCUT2D eigenvalue weighted by Gasteiger charge is -2.21. The van der Waals surface area contributed by atoms with E-state index in [0.717, 1.165) is 35.9 Å². The standard InChI is InChI=1S/C18H25ClN4O/c1-5-22(6-2)16-9-7-15(8-10-16)20-17(24)11-12-23-14(4)18(19)13(3)21-23/h7-10H,5-6,11-12H2,1-4H3,(H,20,24). The molecular formula is C18H25ClN4O. The minimum Gasteiger partial charge on any atom is -0.372 e. The minimum atomic E-state index is -0.0331. The molecule has 0 radical (unpaired) electrons. The van der Waals surface area contributed by atoms with Crippen molar-refractivity contribution in [2.24, 2.45) is 0 Å². The van der Waals surface area contributed by atoms with Crippen molar-refractivity contribution >= 4 is 28.9 Å². The van der Waals surface area contributed by atoms with Gasteiger partial charge in [-0.1, -0.05) is 11.6 Å². The molecule has 0 saturated heterocycles. The number of hydrogen-bond acceptors (Lipinski definition) is 3. The lowest BCUT2D eigenvalue weighted by Crippen LogP contribution is -2.21. The summed E-state index contributed by atoms with van der Waals surface area (Å²) in [6, 6.07) is 7.93. The fourth-order valence-corrected chi connectivity index (χ4v) is 2.80. The van der Waals surface area contributed by atoms with Gasteiger partial charge < -0.3 is 10.2 Å². The van der Waals surface area contributed by atoms with Crippen molar-refractivity contribution in [3.63, 3.8) is 0 Å². The van der Waals surface area contributed by atoms with E-state index in [9.17, 15) is 4.79 Å². The molecule has 0 atom stereocenters. The smallest absolute Gasteiger partial charge is 0.226 e. The molecule has 2 aromatic rings. The van der Waals surface area contributed by atoms with Gasteiger partial charge in [0.25, 0.3) is 0 Å². The Balaban J connectivity index is 1.91. The number of aromatic nitrogens is 2. The average molecular weight is 349 g/mol. The molecule has 0 aliphatic rings. The number of nitrogens with zero attached hydrogens (tertiary/aromatic N) is 3. The molecule has 0 saturated carbocycles. The molecule has 5 nitrogen and oxygen atoms in total. The summed E-state index contributed by atoms with van der Waals surface area (Å²) in [5.74, 6) is -0.0331. The maximum Gasteiger partial charge on any atom is 0.226 e. The highest BCUT2D eigenvalue weighted by Crippen LogP contribution is 2.20. The van der Waals surface area contributed by atoms with E-state index in [1.165, 1.54) is 0 Å². The van der Waals surface area contributed by atoms with Gasteiger partial charge in [0.1, 0.15) is 0 Å².